The zero-order valence-electron chi connectivity index (χ0n) is 15.4. The van der Waals surface area contributed by atoms with E-state index in [2.05, 4.69) is 4.98 Å². The van der Waals surface area contributed by atoms with Gasteiger partial charge in [0.1, 0.15) is 0 Å². The zero-order valence-corrected chi connectivity index (χ0v) is 15.4. The minimum Gasteiger partial charge on any atom is -0.888 e. The minimum atomic E-state index is -2.25. The van der Waals surface area contributed by atoms with Gasteiger partial charge in [0, 0.05) is 5.59 Å². The molecule has 118 valence electrons. The summed E-state index contributed by atoms with van der Waals surface area (Å²) in [4.78, 5) is 3.90. The van der Waals surface area contributed by atoms with Crippen molar-refractivity contribution >= 4 is 12.7 Å². The first kappa shape index (κ1) is 25.0. The number of aromatic nitrogens is 1. The number of hydrogen-bond donors (Lipinski definition) is 0. The number of nitrogens with zero attached hydrogens (tertiary/aromatic N) is 1. The van der Waals surface area contributed by atoms with Gasteiger partial charge in [-0.15, -0.1) is 0 Å². The Morgan fingerprint density at radius 1 is 0.826 bits per heavy atom. The van der Waals surface area contributed by atoms with Crippen molar-refractivity contribution < 1.29 is 62.0 Å². The van der Waals surface area contributed by atoms with Gasteiger partial charge in [-0.25, -0.2) is 0 Å². The maximum atomic E-state index is 11.3. The van der Waals surface area contributed by atoms with Gasteiger partial charge in [-0.2, -0.15) is 0 Å². The molecule has 0 atom stereocenters. The summed E-state index contributed by atoms with van der Waals surface area (Å²) in [6.45, 7) is 11.0. The average molecular weight is 309 g/mol. The fourth-order valence-electron chi connectivity index (χ4n) is 1.68. The molecule has 0 fully saturated rings. The normalized spacial score (nSPS) is 10.2. The topological polar surface area (TPSA) is 86.7 Å². The fraction of sp³-hybridized carbons (Fsp3) is 0.643. The van der Waals surface area contributed by atoms with E-state index in [1.807, 2.05) is 27.7 Å². The summed E-state index contributed by atoms with van der Waals surface area (Å²) in [6.07, 6.45) is 0.840. The van der Waals surface area contributed by atoms with E-state index < -0.39 is 7.12 Å². The second-order valence-corrected chi connectivity index (χ2v) is 5.50. The second-order valence-electron chi connectivity index (χ2n) is 5.50. The van der Waals surface area contributed by atoms with E-state index in [-0.39, 0.29) is 73.1 Å². The first-order chi connectivity index (χ1) is 9.72. The molecule has 0 unspecified atom stereocenters. The van der Waals surface area contributed by atoms with Gasteiger partial charge in [0.2, 0.25) is 5.75 Å². The Kier molecular flexibility index (Phi) is 12.3. The van der Waals surface area contributed by atoms with Crippen molar-refractivity contribution in [2.45, 2.75) is 59.9 Å². The summed E-state index contributed by atoms with van der Waals surface area (Å²) in [6, 6.07) is 0. The zero-order chi connectivity index (χ0) is 16.2. The first-order valence-electron chi connectivity index (χ1n) is 7.06. The Balaban J connectivity index is 0. The van der Waals surface area contributed by atoms with Crippen molar-refractivity contribution in [3.8, 4) is 17.2 Å². The van der Waals surface area contributed by atoms with Crippen LogP contribution in [0.3, 0.4) is 0 Å². The molecule has 0 radical (unpaired) electrons. The predicted octanol–water partition coefficient (Wildman–Crippen LogP) is -6.13. The standard InChI is InChI=1S/C14H22BNO5.2Li/c1-8(2)19-11-7-16-14(15(17)18)13(21-10(5)6)12(11)20-9(3)4;;/h7-10H,1-6H3;;/q-2;2*+1. The van der Waals surface area contributed by atoms with Crippen molar-refractivity contribution in [2.75, 3.05) is 0 Å². The van der Waals surface area contributed by atoms with Gasteiger partial charge >= 0.3 is 37.7 Å². The van der Waals surface area contributed by atoms with Crippen LogP contribution in [0.15, 0.2) is 6.20 Å². The van der Waals surface area contributed by atoms with Gasteiger partial charge in [0.15, 0.2) is 11.5 Å². The Bertz CT molecular complexity index is 473. The fourth-order valence-corrected chi connectivity index (χ4v) is 1.68. The van der Waals surface area contributed by atoms with Crippen LogP contribution in [0.5, 0.6) is 17.2 Å². The van der Waals surface area contributed by atoms with Crippen LogP contribution in [0.2, 0.25) is 0 Å². The summed E-state index contributed by atoms with van der Waals surface area (Å²) in [5, 5.41) is 22.6. The molecular formula is C14H22BLi2NO5. The van der Waals surface area contributed by atoms with E-state index in [0.717, 1.165) is 0 Å². The van der Waals surface area contributed by atoms with E-state index in [9.17, 15) is 10.0 Å². The van der Waals surface area contributed by atoms with Crippen molar-refractivity contribution in [1.82, 2.24) is 4.98 Å². The summed E-state index contributed by atoms with van der Waals surface area (Å²) >= 11 is 0. The van der Waals surface area contributed by atoms with Crippen LogP contribution >= 0.6 is 0 Å². The second kappa shape index (κ2) is 11.3. The molecule has 0 bridgehead atoms. The molecule has 9 heteroatoms. The van der Waals surface area contributed by atoms with Crippen LogP contribution in [-0.2, 0) is 0 Å². The molecule has 1 heterocycles. The molecule has 0 aliphatic heterocycles. The van der Waals surface area contributed by atoms with Crippen molar-refractivity contribution in [2.24, 2.45) is 0 Å². The SMILES string of the molecule is CC(C)Oc1cnc(B([O-])[O-])c(OC(C)C)c1OC(C)C.[Li+].[Li+]. The number of ether oxygens (including phenoxy) is 3. The van der Waals surface area contributed by atoms with Crippen LogP contribution in [0.1, 0.15) is 41.5 Å². The molecule has 1 aromatic rings. The molecule has 0 amide bonds. The third kappa shape index (κ3) is 7.90. The van der Waals surface area contributed by atoms with Gasteiger partial charge in [0.25, 0.3) is 0 Å². The number of pyridine rings is 1. The molecule has 1 aromatic heterocycles. The Morgan fingerprint density at radius 2 is 1.26 bits per heavy atom. The Morgan fingerprint density at radius 3 is 1.65 bits per heavy atom. The number of rotatable bonds is 7. The summed E-state index contributed by atoms with van der Waals surface area (Å²) in [5.74, 6) is 0.694. The molecule has 6 nitrogen and oxygen atoms in total. The quantitative estimate of drug-likeness (QED) is 0.466. The Labute approximate surface area is 162 Å². The summed E-state index contributed by atoms with van der Waals surface area (Å²) in [5.41, 5.74) is -0.213. The van der Waals surface area contributed by atoms with Crippen LogP contribution in [0, 0.1) is 0 Å². The third-order valence-electron chi connectivity index (χ3n) is 2.28. The minimum absolute atomic E-state index is 0. The molecule has 0 aromatic carbocycles. The molecule has 0 spiro atoms. The Hall–Kier alpha value is -0.270. The predicted molar refractivity (Wildman–Crippen MR) is 76.9 cm³/mol. The number of hydrogen-bond acceptors (Lipinski definition) is 6. The molecule has 0 saturated carbocycles. The monoisotopic (exact) mass is 309 g/mol. The largest absolute Gasteiger partial charge is 1.00 e. The van der Waals surface area contributed by atoms with E-state index in [1.54, 1.807) is 13.8 Å². The molecule has 23 heavy (non-hydrogen) atoms. The van der Waals surface area contributed by atoms with Gasteiger partial charge in [0.05, 0.1) is 24.5 Å². The van der Waals surface area contributed by atoms with Crippen LogP contribution in [-0.4, -0.2) is 30.4 Å². The first-order valence-corrected chi connectivity index (χ1v) is 7.06. The van der Waals surface area contributed by atoms with E-state index in [1.165, 1.54) is 6.20 Å². The van der Waals surface area contributed by atoms with Crippen LogP contribution in [0.4, 0.5) is 0 Å². The third-order valence-corrected chi connectivity index (χ3v) is 2.28. The van der Waals surface area contributed by atoms with Crippen molar-refractivity contribution in [3.63, 3.8) is 0 Å². The van der Waals surface area contributed by atoms with Gasteiger partial charge < -0.3 is 24.3 Å². The maximum absolute atomic E-state index is 11.3. The molecule has 0 aliphatic rings. The van der Waals surface area contributed by atoms with Gasteiger partial charge in [-0.1, -0.05) is 0 Å². The summed E-state index contributed by atoms with van der Waals surface area (Å²) < 4.78 is 16.9. The van der Waals surface area contributed by atoms with E-state index >= 15 is 0 Å². The van der Waals surface area contributed by atoms with Crippen LogP contribution in [0.25, 0.3) is 0 Å². The molecule has 0 saturated heterocycles. The van der Waals surface area contributed by atoms with Gasteiger partial charge in [-0.3, -0.25) is 4.98 Å². The van der Waals surface area contributed by atoms with Crippen molar-refractivity contribution in [3.05, 3.63) is 6.20 Å². The maximum Gasteiger partial charge on any atom is 1.00 e. The van der Waals surface area contributed by atoms with E-state index in [0.29, 0.717) is 5.75 Å². The smallest absolute Gasteiger partial charge is 0.888 e. The molecule has 0 aliphatic carbocycles. The van der Waals surface area contributed by atoms with Gasteiger partial charge in [-0.05, 0) is 48.7 Å². The van der Waals surface area contributed by atoms with E-state index in [4.69, 9.17) is 14.2 Å². The molecule has 0 N–H and O–H groups in total. The summed E-state index contributed by atoms with van der Waals surface area (Å²) in [7, 11) is -2.25. The molecular weight excluding hydrogens is 287 g/mol. The molecule has 1 rings (SSSR count). The van der Waals surface area contributed by atoms with Crippen molar-refractivity contribution in [1.29, 1.82) is 0 Å². The average Bonchev–Trinajstić information content (AvgIpc) is 2.31. The van der Waals surface area contributed by atoms with Crippen LogP contribution < -0.4 is 67.6 Å².